The molecule has 1 amide bonds. The molecule has 1 aliphatic rings. The number of amides is 1. The first-order chi connectivity index (χ1) is 12.8. The fraction of sp³-hybridized carbons (Fsp3) is 0.263. The van der Waals surface area contributed by atoms with E-state index in [0.29, 0.717) is 25.3 Å². The van der Waals surface area contributed by atoms with Crippen molar-refractivity contribution in [2.24, 2.45) is 0 Å². The van der Waals surface area contributed by atoms with Crippen molar-refractivity contribution < 1.29 is 9.53 Å². The highest BCUT2D eigenvalue weighted by Gasteiger charge is 2.23. The number of fused-ring (bicyclic) bond motifs is 1. The predicted molar refractivity (Wildman–Crippen MR) is 95.5 cm³/mol. The molecule has 0 radical (unpaired) electrons. The second kappa shape index (κ2) is 7.45. The Morgan fingerprint density at radius 2 is 2.04 bits per heavy atom. The van der Waals surface area contributed by atoms with Crippen LogP contribution in [0.2, 0.25) is 0 Å². The minimum absolute atomic E-state index is 0.0578. The molecule has 0 spiro atoms. The number of anilines is 1. The van der Waals surface area contributed by atoms with Gasteiger partial charge in [-0.1, -0.05) is 41.6 Å². The summed E-state index contributed by atoms with van der Waals surface area (Å²) in [6, 6.07) is 15.8. The molecule has 0 aliphatic carbocycles. The van der Waals surface area contributed by atoms with Crippen LogP contribution in [0.15, 0.2) is 48.5 Å². The molecular weight excluding hydrogens is 330 g/mol. The van der Waals surface area contributed by atoms with Gasteiger partial charge in [0.1, 0.15) is 0 Å². The molecule has 1 aromatic heterocycles. The van der Waals surface area contributed by atoms with Crippen molar-refractivity contribution in [2.75, 3.05) is 11.9 Å². The van der Waals surface area contributed by atoms with Gasteiger partial charge in [0, 0.05) is 12.1 Å². The lowest BCUT2D eigenvalue weighted by Gasteiger charge is -2.25. The van der Waals surface area contributed by atoms with Gasteiger partial charge in [0.25, 0.3) is 0 Å². The number of carbonyl (C=O) groups excluding carboxylic acids is 1. The number of hydrogen-bond donors (Lipinski definition) is 2. The second-order valence-corrected chi connectivity index (χ2v) is 6.26. The molecule has 2 heterocycles. The Balaban J connectivity index is 1.36. The van der Waals surface area contributed by atoms with Gasteiger partial charge in [0.2, 0.25) is 5.91 Å². The fourth-order valence-corrected chi connectivity index (χ4v) is 3.17. The van der Waals surface area contributed by atoms with Gasteiger partial charge in [0.05, 0.1) is 19.1 Å². The van der Waals surface area contributed by atoms with E-state index in [2.05, 4.69) is 32.0 Å². The van der Waals surface area contributed by atoms with Gasteiger partial charge in [-0.25, -0.2) is 0 Å². The van der Waals surface area contributed by atoms with Crippen molar-refractivity contribution in [3.63, 3.8) is 0 Å². The summed E-state index contributed by atoms with van der Waals surface area (Å²) in [5.74, 6) is 0.576. The Hall–Kier alpha value is -3.06. The predicted octanol–water partition coefficient (Wildman–Crippen LogP) is 2.43. The fourth-order valence-electron chi connectivity index (χ4n) is 3.17. The zero-order valence-corrected chi connectivity index (χ0v) is 14.2. The van der Waals surface area contributed by atoms with Crippen LogP contribution in [0.1, 0.15) is 35.0 Å². The van der Waals surface area contributed by atoms with Gasteiger partial charge in [-0.15, -0.1) is 10.2 Å². The molecule has 2 aromatic carbocycles. The van der Waals surface area contributed by atoms with Crippen molar-refractivity contribution in [1.29, 1.82) is 0 Å². The Bertz CT molecular complexity index is 877. The van der Waals surface area contributed by atoms with E-state index in [4.69, 9.17) is 4.74 Å². The van der Waals surface area contributed by atoms with Crippen LogP contribution in [0, 0.1) is 0 Å². The summed E-state index contributed by atoms with van der Waals surface area (Å²) in [7, 11) is 0. The van der Waals surface area contributed by atoms with Gasteiger partial charge in [0.15, 0.2) is 5.82 Å². The summed E-state index contributed by atoms with van der Waals surface area (Å²) >= 11 is 0. The molecule has 1 atom stereocenters. The summed E-state index contributed by atoms with van der Waals surface area (Å²) in [6.07, 6.45) is 1.62. The maximum Gasteiger partial charge on any atom is 0.227 e. The maximum absolute atomic E-state index is 12.4. The number of H-pyrrole nitrogens is 1. The van der Waals surface area contributed by atoms with Crippen LogP contribution in [0.4, 0.5) is 5.69 Å². The quantitative estimate of drug-likeness (QED) is 0.738. The monoisotopic (exact) mass is 349 g/mol. The van der Waals surface area contributed by atoms with E-state index in [1.165, 1.54) is 5.56 Å². The van der Waals surface area contributed by atoms with Crippen molar-refractivity contribution in [3.8, 4) is 0 Å². The van der Waals surface area contributed by atoms with Crippen molar-refractivity contribution in [3.05, 3.63) is 71.0 Å². The number of aromatic amines is 1. The van der Waals surface area contributed by atoms with E-state index in [9.17, 15) is 4.79 Å². The third-order valence-corrected chi connectivity index (χ3v) is 4.45. The first kappa shape index (κ1) is 16.4. The van der Waals surface area contributed by atoms with Crippen LogP contribution in [0.3, 0.4) is 0 Å². The first-order valence-corrected chi connectivity index (χ1v) is 8.58. The van der Waals surface area contributed by atoms with E-state index in [1.54, 1.807) is 0 Å². The molecule has 0 saturated heterocycles. The van der Waals surface area contributed by atoms with Crippen LogP contribution in [-0.2, 0) is 22.4 Å². The lowest BCUT2D eigenvalue weighted by Crippen LogP contribution is -2.22. The maximum atomic E-state index is 12.4. The zero-order chi connectivity index (χ0) is 17.8. The topological polar surface area (TPSA) is 92.8 Å². The minimum atomic E-state index is -0.183. The third kappa shape index (κ3) is 3.78. The molecule has 7 heteroatoms. The highest BCUT2D eigenvalue weighted by molar-refractivity contribution is 5.91. The first-order valence-electron chi connectivity index (χ1n) is 8.58. The number of hydrogen-bond acceptors (Lipinski definition) is 5. The average Bonchev–Trinajstić information content (AvgIpc) is 3.17. The van der Waals surface area contributed by atoms with Gasteiger partial charge < -0.3 is 10.1 Å². The molecule has 7 nitrogen and oxygen atoms in total. The van der Waals surface area contributed by atoms with E-state index >= 15 is 0 Å². The second-order valence-electron chi connectivity index (χ2n) is 6.26. The number of nitrogens with one attached hydrogen (secondary N) is 2. The van der Waals surface area contributed by atoms with Crippen LogP contribution in [0.5, 0.6) is 0 Å². The highest BCUT2D eigenvalue weighted by Crippen LogP contribution is 2.29. The van der Waals surface area contributed by atoms with Crippen LogP contribution in [0.25, 0.3) is 0 Å². The molecule has 2 N–H and O–H groups in total. The molecule has 3 aromatic rings. The minimum Gasteiger partial charge on any atom is -0.373 e. The van der Waals surface area contributed by atoms with Crippen molar-refractivity contribution in [2.45, 2.75) is 25.4 Å². The Kier molecular flexibility index (Phi) is 4.70. The summed E-state index contributed by atoms with van der Waals surface area (Å²) in [5.41, 5.74) is 4.19. The summed E-state index contributed by atoms with van der Waals surface area (Å²) in [4.78, 5) is 12.4. The Labute approximate surface area is 150 Å². The lowest BCUT2D eigenvalue weighted by atomic mass is 9.95. The summed E-state index contributed by atoms with van der Waals surface area (Å²) < 4.78 is 5.81. The number of rotatable bonds is 5. The van der Waals surface area contributed by atoms with Crippen LogP contribution < -0.4 is 5.32 Å². The number of aromatic nitrogens is 4. The Morgan fingerprint density at radius 3 is 2.85 bits per heavy atom. The number of benzene rings is 2. The molecule has 0 saturated carbocycles. The lowest BCUT2D eigenvalue weighted by molar-refractivity contribution is -0.119. The molecule has 0 bridgehead atoms. The zero-order valence-electron chi connectivity index (χ0n) is 14.2. The average molecular weight is 349 g/mol. The smallest absolute Gasteiger partial charge is 0.227 e. The normalized spacial score (nSPS) is 16.1. The third-order valence-electron chi connectivity index (χ3n) is 4.45. The molecule has 0 unspecified atom stereocenters. The molecule has 132 valence electrons. The summed E-state index contributed by atoms with van der Waals surface area (Å²) in [5, 5.41) is 16.8. The van der Waals surface area contributed by atoms with Gasteiger partial charge in [-0.05, 0) is 35.2 Å². The molecular formula is C19H19N5O2. The number of ether oxygens (including phenoxy) is 1. The van der Waals surface area contributed by atoms with Gasteiger partial charge in [-0.3, -0.25) is 4.79 Å². The van der Waals surface area contributed by atoms with E-state index in [0.717, 1.165) is 23.2 Å². The van der Waals surface area contributed by atoms with Gasteiger partial charge in [-0.2, -0.15) is 5.21 Å². The van der Waals surface area contributed by atoms with Crippen molar-refractivity contribution in [1.82, 2.24) is 20.6 Å². The molecule has 26 heavy (non-hydrogen) atoms. The Morgan fingerprint density at radius 1 is 1.19 bits per heavy atom. The number of nitrogens with zero attached hydrogens (tertiary/aromatic N) is 3. The van der Waals surface area contributed by atoms with E-state index in [-0.39, 0.29) is 12.0 Å². The van der Waals surface area contributed by atoms with E-state index in [1.807, 2.05) is 42.5 Å². The van der Waals surface area contributed by atoms with Crippen LogP contribution in [-0.4, -0.2) is 33.1 Å². The number of carbonyl (C=O) groups is 1. The number of tetrazole rings is 1. The van der Waals surface area contributed by atoms with E-state index < -0.39 is 0 Å². The largest absolute Gasteiger partial charge is 0.373 e. The highest BCUT2D eigenvalue weighted by atomic mass is 16.5. The van der Waals surface area contributed by atoms with Gasteiger partial charge >= 0.3 is 0 Å². The standard InChI is InChI=1S/C19H19N5O2/c25-19(12-17-16-4-2-1-3-14(16)9-10-26-17)20-15-7-5-13(6-8-15)11-18-21-23-24-22-18/h1-8,17H,9-12H2,(H,20,25)(H,21,22,23,24)/t17-/m0/s1. The molecule has 4 rings (SSSR count). The van der Waals surface area contributed by atoms with Crippen LogP contribution >= 0.6 is 0 Å². The van der Waals surface area contributed by atoms with Crippen molar-refractivity contribution >= 4 is 11.6 Å². The SMILES string of the molecule is O=C(C[C@@H]1OCCc2ccccc21)Nc1ccc(Cc2nn[nH]n2)cc1. The summed E-state index contributed by atoms with van der Waals surface area (Å²) in [6.45, 7) is 0.653. The molecule has 0 fully saturated rings. The molecule has 1 aliphatic heterocycles.